The van der Waals surface area contributed by atoms with Crippen LogP contribution in [0.15, 0.2) is 55.1 Å². The van der Waals surface area contributed by atoms with Gasteiger partial charge in [-0.3, -0.25) is 19.4 Å². The Bertz CT molecular complexity index is 1010. The fraction of sp³-hybridized carbons (Fsp3) is 0.440. The highest BCUT2D eigenvalue weighted by atomic mass is 16.2. The number of hydrogen-bond donors (Lipinski definition) is 0. The molecule has 0 unspecified atom stereocenters. The summed E-state index contributed by atoms with van der Waals surface area (Å²) >= 11 is 0. The third-order valence-electron chi connectivity index (χ3n) is 6.54. The van der Waals surface area contributed by atoms with E-state index in [-0.39, 0.29) is 5.91 Å². The Morgan fingerprint density at radius 2 is 1.94 bits per heavy atom. The molecule has 1 atom stereocenters. The molecule has 0 spiro atoms. The van der Waals surface area contributed by atoms with Crippen molar-refractivity contribution in [2.24, 2.45) is 13.0 Å². The van der Waals surface area contributed by atoms with Crippen molar-refractivity contribution in [2.45, 2.75) is 38.8 Å². The van der Waals surface area contributed by atoms with Crippen LogP contribution in [0.5, 0.6) is 0 Å². The molecule has 7 nitrogen and oxygen atoms in total. The Balaban J connectivity index is 1.46. The van der Waals surface area contributed by atoms with Crippen LogP contribution in [-0.2, 0) is 20.0 Å². The highest BCUT2D eigenvalue weighted by molar-refractivity contribution is 5.92. The first-order chi connectivity index (χ1) is 15.5. The lowest BCUT2D eigenvalue weighted by Crippen LogP contribution is -2.46. The quantitative estimate of drug-likeness (QED) is 0.574. The van der Waals surface area contributed by atoms with E-state index in [2.05, 4.69) is 70.5 Å². The van der Waals surface area contributed by atoms with Crippen LogP contribution in [0.3, 0.4) is 0 Å². The molecule has 1 amide bonds. The standard InChI is InChI=1S/C25H32N6O/c1-19-22(18-30(3)28-19)17-29(2)24(15-20-7-5-4-6-8-20)21-9-13-31(14-10-21)25(32)23-16-26-11-12-27-23/h4-8,11-12,16,18,21,24H,9-10,13-15,17H2,1-3H3/t24-/m0/s1. The van der Waals surface area contributed by atoms with Crippen molar-refractivity contribution in [3.8, 4) is 0 Å². The summed E-state index contributed by atoms with van der Waals surface area (Å²) in [6, 6.07) is 11.1. The van der Waals surface area contributed by atoms with E-state index in [4.69, 9.17) is 0 Å². The Labute approximate surface area is 190 Å². The van der Waals surface area contributed by atoms with Crippen LogP contribution in [0, 0.1) is 12.8 Å². The first-order valence-corrected chi connectivity index (χ1v) is 11.3. The van der Waals surface area contributed by atoms with Crippen LogP contribution in [0.25, 0.3) is 0 Å². The molecule has 1 aliphatic heterocycles. The number of carbonyl (C=O) groups is 1. The maximum Gasteiger partial charge on any atom is 0.274 e. The van der Waals surface area contributed by atoms with Crippen molar-refractivity contribution < 1.29 is 4.79 Å². The normalized spacial score (nSPS) is 15.8. The summed E-state index contributed by atoms with van der Waals surface area (Å²) in [7, 11) is 4.19. The summed E-state index contributed by atoms with van der Waals surface area (Å²) in [5, 5.41) is 4.51. The molecule has 32 heavy (non-hydrogen) atoms. The average molecular weight is 433 g/mol. The van der Waals surface area contributed by atoms with Crippen LogP contribution in [0.1, 0.15) is 40.2 Å². The van der Waals surface area contributed by atoms with Crippen LogP contribution in [0.2, 0.25) is 0 Å². The van der Waals surface area contributed by atoms with Crippen molar-refractivity contribution in [1.82, 2.24) is 29.5 Å². The van der Waals surface area contributed by atoms with Gasteiger partial charge in [0.15, 0.2) is 0 Å². The van der Waals surface area contributed by atoms with E-state index >= 15 is 0 Å². The molecule has 168 valence electrons. The molecule has 7 heteroatoms. The molecule has 2 aromatic heterocycles. The molecule has 0 N–H and O–H groups in total. The van der Waals surface area contributed by atoms with E-state index in [1.165, 1.54) is 11.1 Å². The van der Waals surface area contributed by atoms with Crippen molar-refractivity contribution in [1.29, 1.82) is 0 Å². The van der Waals surface area contributed by atoms with Gasteiger partial charge in [0.1, 0.15) is 5.69 Å². The molecule has 1 aliphatic rings. The summed E-state index contributed by atoms with van der Waals surface area (Å²) in [6.07, 6.45) is 9.81. The number of piperidine rings is 1. The molecule has 1 saturated heterocycles. The van der Waals surface area contributed by atoms with Crippen molar-refractivity contribution >= 4 is 5.91 Å². The fourth-order valence-electron chi connectivity index (χ4n) is 4.79. The van der Waals surface area contributed by atoms with E-state index in [1.807, 2.05) is 16.6 Å². The largest absolute Gasteiger partial charge is 0.337 e. The Morgan fingerprint density at radius 3 is 2.56 bits per heavy atom. The molecule has 0 bridgehead atoms. The van der Waals surface area contributed by atoms with Gasteiger partial charge in [0.05, 0.1) is 11.9 Å². The van der Waals surface area contributed by atoms with Gasteiger partial charge in [-0.15, -0.1) is 0 Å². The molecule has 0 saturated carbocycles. The van der Waals surface area contributed by atoms with E-state index in [9.17, 15) is 4.79 Å². The lowest BCUT2D eigenvalue weighted by atomic mass is 9.84. The van der Waals surface area contributed by atoms with Gasteiger partial charge in [-0.1, -0.05) is 30.3 Å². The molecule has 0 radical (unpaired) electrons. The number of aryl methyl sites for hydroxylation is 2. The predicted octanol–water partition coefficient (Wildman–Crippen LogP) is 3.11. The van der Waals surface area contributed by atoms with Crippen molar-refractivity contribution in [3.05, 3.63) is 77.6 Å². The average Bonchev–Trinajstić information content (AvgIpc) is 3.14. The summed E-state index contributed by atoms with van der Waals surface area (Å²) in [4.78, 5) is 25.4. The molecule has 3 aromatic rings. The zero-order valence-electron chi connectivity index (χ0n) is 19.2. The second-order valence-electron chi connectivity index (χ2n) is 8.81. The van der Waals surface area contributed by atoms with Gasteiger partial charge >= 0.3 is 0 Å². The zero-order valence-corrected chi connectivity index (χ0v) is 19.2. The minimum absolute atomic E-state index is 0.0181. The lowest BCUT2D eigenvalue weighted by molar-refractivity contribution is 0.0597. The lowest BCUT2D eigenvalue weighted by Gasteiger charge is -2.40. The van der Waals surface area contributed by atoms with Gasteiger partial charge in [0.2, 0.25) is 0 Å². The summed E-state index contributed by atoms with van der Waals surface area (Å²) < 4.78 is 1.89. The number of likely N-dealkylation sites (tertiary alicyclic amines) is 1. The second kappa shape index (κ2) is 10.0. The minimum Gasteiger partial charge on any atom is -0.337 e. The Kier molecular flexibility index (Phi) is 6.95. The third kappa shape index (κ3) is 5.22. The Morgan fingerprint density at radius 1 is 1.19 bits per heavy atom. The summed E-state index contributed by atoms with van der Waals surface area (Å²) in [5.74, 6) is 0.499. The number of benzene rings is 1. The molecule has 3 heterocycles. The van der Waals surface area contributed by atoms with Gasteiger partial charge in [0.25, 0.3) is 5.91 Å². The van der Waals surface area contributed by atoms with Crippen molar-refractivity contribution in [2.75, 3.05) is 20.1 Å². The fourth-order valence-corrected chi connectivity index (χ4v) is 4.79. The van der Waals surface area contributed by atoms with Crippen LogP contribution in [-0.4, -0.2) is 61.6 Å². The minimum atomic E-state index is -0.0181. The zero-order chi connectivity index (χ0) is 22.5. The number of aromatic nitrogens is 4. The van der Waals surface area contributed by atoms with Crippen LogP contribution < -0.4 is 0 Å². The topological polar surface area (TPSA) is 67.2 Å². The molecular formula is C25H32N6O. The number of hydrogen-bond acceptors (Lipinski definition) is 5. The highest BCUT2D eigenvalue weighted by Crippen LogP contribution is 2.28. The SMILES string of the molecule is Cc1nn(C)cc1CN(C)[C@@H](Cc1ccccc1)C1CCN(C(=O)c2cnccn2)CC1. The maximum atomic E-state index is 12.8. The molecular weight excluding hydrogens is 400 g/mol. The number of carbonyl (C=O) groups excluding carboxylic acids is 1. The first kappa shape index (κ1) is 22.1. The molecule has 0 aliphatic carbocycles. The highest BCUT2D eigenvalue weighted by Gasteiger charge is 2.31. The number of amides is 1. The molecule has 1 aromatic carbocycles. The first-order valence-electron chi connectivity index (χ1n) is 11.3. The summed E-state index contributed by atoms with van der Waals surface area (Å²) in [6.45, 7) is 4.46. The molecule has 1 fully saturated rings. The van der Waals surface area contributed by atoms with Gasteiger partial charge in [-0.05, 0) is 44.7 Å². The summed E-state index contributed by atoms with van der Waals surface area (Å²) in [5.41, 5.74) is 4.13. The Hall–Kier alpha value is -3.06. The van der Waals surface area contributed by atoms with Crippen LogP contribution in [0.4, 0.5) is 0 Å². The number of likely N-dealkylation sites (N-methyl/N-ethyl adjacent to an activating group) is 1. The van der Waals surface area contributed by atoms with Gasteiger partial charge in [-0.25, -0.2) is 4.98 Å². The monoisotopic (exact) mass is 432 g/mol. The third-order valence-corrected chi connectivity index (χ3v) is 6.54. The van der Waals surface area contributed by atoms with E-state index < -0.39 is 0 Å². The maximum absolute atomic E-state index is 12.8. The van der Waals surface area contributed by atoms with Gasteiger partial charge in [0, 0.05) is 56.9 Å². The number of nitrogens with zero attached hydrogens (tertiary/aromatic N) is 6. The van der Waals surface area contributed by atoms with E-state index in [0.717, 1.165) is 44.6 Å². The van der Waals surface area contributed by atoms with E-state index in [1.54, 1.807) is 18.6 Å². The van der Waals surface area contributed by atoms with E-state index in [0.29, 0.717) is 17.7 Å². The predicted molar refractivity (Wildman–Crippen MR) is 124 cm³/mol. The van der Waals surface area contributed by atoms with Crippen molar-refractivity contribution in [3.63, 3.8) is 0 Å². The van der Waals surface area contributed by atoms with Crippen LogP contribution >= 0.6 is 0 Å². The number of rotatable bonds is 7. The smallest absolute Gasteiger partial charge is 0.274 e. The van der Waals surface area contributed by atoms with Gasteiger partial charge in [-0.2, -0.15) is 5.10 Å². The van der Waals surface area contributed by atoms with Gasteiger partial charge < -0.3 is 4.90 Å². The second-order valence-corrected chi connectivity index (χ2v) is 8.81. The molecule has 4 rings (SSSR count).